The molecule has 2 aliphatic carbocycles. The number of fused-ring (bicyclic) bond motifs is 1. The molecule has 0 saturated heterocycles. The molecule has 0 aromatic carbocycles. The van der Waals surface area contributed by atoms with Crippen LogP contribution in [0.5, 0.6) is 0 Å². The first-order chi connectivity index (χ1) is 5.36. The van der Waals surface area contributed by atoms with Crippen LogP contribution in [-0.4, -0.2) is 6.04 Å². The zero-order valence-corrected chi connectivity index (χ0v) is 6.79. The van der Waals surface area contributed by atoms with E-state index >= 15 is 0 Å². The molecule has 2 aliphatic rings. The molecule has 1 unspecified atom stereocenters. The number of hydrogen-bond acceptors (Lipinski definition) is 1. The Morgan fingerprint density at radius 1 is 1.45 bits per heavy atom. The van der Waals surface area contributed by atoms with Crippen molar-refractivity contribution in [2.45, 2.75) is 31.7 Å². The highest BCUT2D eigenvalue weighted by Gasteiger charge is 2.20. The third-order valence-corrected chi connectivity index (χ3v) is 2.68. The first-order valence-electron chi connectivity index (χ1n) is 4.47. The van der Waals surface area contributed by atoms with E-state index < -0.39 is 0 Å². The lowest BCUT2D eigenvalue weighted by Gasteiger charge is -2.28. The van der Waals surface area contributed by atoms with Gasteiger partial charge in [-0.05, 0) is 31.6 Å². The summed E-state index contributed by atoms with van der Waals surface area (Å²) in [6.07, 6.45) is 11.7. The molecule has 60 valence electrons. The Morgan fingerprint density at radius 2 is 2.36 bits per heavy atom. The van der Waals surface area contributed by atoms with Gasteiger partial charge in [0.25, 0.3) is 0 Å². The summed E-state index contributed by atoms with van der Waals surface area (Å²) < 4.78 is 0. The molecule has 0 fully saturated rings. The van der Waals surface area contributed by atoms with Crippen molar-refractivity contribution in [1.82, 2.24) is 0 Å². The molecule has 0 aliphatic heterocycles. The van der Waals surface area contributed by atoms with Gasteiger partial charge in [-0.3, -0.25) is 0 Å². The molecular formula is C10H15N. The third-order valence-electron chi connectivity index (χ3n) is 2.68. The van der Waals surface area contributed by atoms with Crippen molar-refractivity contribution in [2.24, 2.45) is 11.7 Å². The fourth-order valence-corrected chi connectivity index (χ4v) is 2.03. The zero-order chi connectivity index (χ0) is 7.68. The van der Waals surface area contributed by atoms with Gasteiger partial charge in [0, 0.05) is 6.04 Å². The first kappa shape index (κ1) is 7.11. The van der Waals surface area contributed by atoms with Gasteiger partial charge in [0.1, 0.15) is 0 Å². The summed E-state index contributed by atoms with van der Waals surface area (Å²) >= 11 is 0. The maximum atomic E-state index is 5.86. The Balaban J connectivity index is 2.17. The van der Waals surface area contributed by atoms with E-state index in [1.54, 1.807) is 5.57 Å². The highest BCUT2D eigenvalue weighted by molar-refractivity contribution is 5.21. The van der Waals surface area contributed by atoms with Gasteiger partial charge >= 0.3 is 0 Å². The number of rotatable bonds is 0. The molecular weight excluding hydrogens is 134 g/mol. The quantitative estimate of drug-likeness (QED) is 0.524. The van der Waals surface area contributed by atoms with Crippen LogP contribution in [0.25, 0.3) is 0 Å². The molecule has 1 heteroatoms. The van der Waals surface area contributed by atoms with Crippen LogP contribution in [0.15, 0.2) is 23.8 Å². The number of hydrogen-bond donors (Lipinski definition) is 1. The fraction of sp³-hybridized carbons (Fsp3) is 0.600. The predicted octanol–water partition coefficient (Wildman–Crippen LogP) is 2.00. The van der Waals surface area contributed by atoms with Crippen LogP contribution < -0.4 is 5.73 Å². The molecule has 0 radical (unpaired) electrons. The van der Waals surface area contributed by atoms with E-state index in [-0.39, 0.29) is 0 Å². The van der Waals surface area contributed by atoms with Gasteiger partial charge in [-0.2, -0.15) is 0 Å². The Labute approximate surface area is 68.0 Å². The topological polar surface area (TPSA) is 26.0 Å². The van der Waals surface area contributed by atoms with Gasteiger partial charge in [-0.1, -0.05) is 23.8 Å². The van der Waals surface area contributed by atoms with Crippen molar-refractivity contribution in [3.63, 3.8) is 0 Å². The van der Waals surface area contributed by atoms with E-state index in [9.17, 15) is 0 Å². The van der Waals surface area contributed by atoms with Gasteiger partial charge in [-0.15, -0.1) is 0 Å². The molecule has 0 aromatic rings. The minimum atomic E-state index is 0.409. The van der Waals surface area contributed by atoms with Crippen LogP contribution >= 0.6 is 0 Å². The Morgan fingerprint density at radius 3 is 3.27 bits per heavy atom. The van der Waals surface area contributed by atoms with E-state index in [1.165, 1.54) is 19.3 Å². The van der Waals surface area contributed by atoms with Crippen molar-refractivity contribution in [1.29, 1.82) is 0 Å². The predicted molar refractivity (Wildman–Crippen MR) is 47.2 cm³/mol. The van der Waals surface area contributed by atoms with Crippen molar-refractivity contribution >= 4 is 0 Å². The minimum Gasteiger partial charge on any atom is -0.327 e. The standard InChI is InChI=1S/C10H15N/c11-10-6-5-8-3-1-2-4-9(8)7-10/h2,4-5,9-10H,1,3,6-7,11H2/t9?,10-/m0/s1. The van der Waals surface area contributed by atoms with E-state index in [1.807, 2.05) is 0 Å². The maximum Gasteiger partial charge on any atom is 0.00822 e. The summed E-state index contributed by atoms with van der Waals surface area (Å²) in [7, 11) is 0. The van der Waals surface area contributed by atoms with Crippen molar-refractivity contribution < 1.29 is 0 Å². The smallest absolute Gasteiger partial charge is 0.00822 e. The normalized spacial score (nSPS) is 36.3. The summed E-state index contributed by atoms with van der Waals surface area (Å²) in [6, 6.07) is 0.409. The molecule has 0 aromatic heterocycles. The van der Waals surface area contributed by atoms with E-state index in [0.29, 0.717) is 12.0 Å². The lowest BCUT2D eigenvalue weighted by atomic mass is 9.80. The van der Waals surface area contributed by atoms with Crippen molar-refractivity contribution in [3.05, 3.63) is 23.8 Å². The number of allylic oxidation sites excluding steroid dienone is 3. The molecule has 0 bridgehead atoms. The van der Waals surface area contributed by atoms with Crippen molar-refractivity contribution in [3.8, 4) is 0 Å². The Kier molecular flexibility index (Phi) is 1.82. The largest absolute Gasteiger partial charge is 0.327 e. The summed E-state index contributed by atoms with van der Waals surface area (Å²) in [5.41, 5.74) is 7.50. The number of nitrogens with two attached hydrogens (primary N) is 1. The molecule has 0 spiro atoms. The SMILES string of the molecule is N[C@H]1CC=C2CCC=CC2C1. The minimum absolute atomic E-state index is 0.409. The first-order valence-corrected chi connectivity index (χ1v) is 4.47. The fourth-order valence-electron chi connectivity index (χ4n) is 2.03. The van der Waals surface area contributed by atoms with E-state index in [0.717, 1.165) is 6.42 Å². The third kappa shape index (κ3) is 1.38. The second-order valence-corrected chi connectivity index (χ2v) is 3.58. The van der Waals surface area contributed by atoms with Crippen LogP contribution in [0.2, 0.25) is 0 Å². The van der Waals surface area contributed by atoms with E-state index in [4.69, 9.17) is 5.73 Å². The molecule has 0 saturated carbocycles. The summed E-state index contributed by atoms with van der Waals surface area (Å²) in [5, 5.41) is 0. The van der Waals surface area contributed by atoms with Crippen molar-refractivity contribution in [2.75, 3.05) is 0 Å². The molecule has 0 amide bonds. The summed E-state index contributed by atoms with van der Waals surface area (Å²) in [6.45, 7) is 0. The van der Waals surface area contributed by atoms with Gasteiger partial charge in [-0.25, -0.2) is 0 Å². The molecule has 2 rings (SSSR count). The average molecular weight is 149 g/mol. The Bertz CT molecular complexity index is 203. The van der Waals surface area contributed by atoms with Crippen LogP contribution in [0.3, 0.4) is 0 Å². The monoisotopic (exact) mass is 149 g/mol. The van der Waals surface area contributed by atoms with Crippen LogP contribution in [0.1, 0.15) is 25.7 Å². The van der Waals surface area contributed by atoms with Crippen LogP contribution in [0.4, 0.5) is 0 Å². The lowest BCUT2D eigenvalue weighted by Crippen LogP contribution is -2.27. The van der Waals surface area contributed by atoms with E-state index in [2.05, 4.69) is 18.2 Å². The molecule has 11 heavy (non-hydrogen) atoms. The molecule has 2 atom stereocenters. The van der Waals surface area contributed by atoms with Crippen LogP contribution in [0, 0.1) is 5.92 Å². The average Bonchev–Trinajstić information content (AvgIpc) is 2.04. The molecule has 2 N–H and O–H groups in total. The van der Waals surface area contributed by atoms with Gasteiger partial charge < -0.3 is 5.73 Å². The Hall–Kier alpha value is -0.560. The molecule has 1 nitrogen and oxygen atoms in total. The lowest BCUT2D eigenvalue weighted by molar-refractivity contribution is 0.498. The van der Waals surface area contributed by atoms with Gasteiger partial charge in [0.05, 0.1) is 0 Å². The highest BCUT2D eigenvalue weighted by Crippen LogP contribution is 2.31. The highest BCUT2D eigenvalue weighted by atomic mass is 14.6. The maximum absolute atomic E-state index is 5.86. The zero-order valence-electron chi connectivity index (χ0n) is 6.79. The van der Waals surface area contributed by atoms with Gasteiger partial charge in [0.2, 0.25) is 0 Å². The van der Waals surface area contributed by atoms with Crippen LogP contribution in [-0.2, 0) is 0 Å². The van der Waals surface area contributed by atoms with Gasteiger partial charge in [0.15, 0.2) is 0 Å². The molecule has 0 heterocycles. The summed E-state index contributed by atoms with van der Waals surface area (Å²) in [4.78, 5) is 0. The second-order valence-electron chi connectivity index (χ2n) is 3.58. The second kappa shape index (κ2) is 2.82. The summed E-state index contributed by atoms with van der Waals surface area (Å²) in [5.74, 6) is 0.687.